The normalized spacial score (nSPS) is 13.7. The van der Waals surface area contributed by atoms with E-state index in [2.05, 4.69) is 14.9 Å². The molecule has 98 valence electrons. The Hall–Kier alpha value is -1.22. The van der Waals surface area contributed by atoms with Gasteiger partial charge >= 0.3 is 0 Å². The van der Waals surface area contributed by atoms with E-state index in [4.69, 9.17) is 5.73 Å². The summed E-state index contributed by atoms with van der Waals surface area (Å²) in [6, 6.07) is 1.25. The fourth-order valence-electron chi connectivity index (χ4n) is 1.47. The third-order valence-electron chi connectivity index (χ3n) is 2.49. The van der Waals surface area contributed by atoms with Gasteiger partial charge < -0.3 is 5.73 Å². The highest BCUT2D eigenvalue weighted by molar-refractivity contribution is 7.89. The first-order valence-electron chi connectivity index (χ1n) is 5.31. The van der Waals surface area contributed by atoms with Crippen LogP contribution in [0.2, 0.25) is 0 Å². The number of nitrogens with one attached hydrogen (secondary N) is 2. The van der Waals surface area contributed by atoms with Gasteiger partial charge in [0.1, 0.15) is 0 Å². The Morgan fingerprint density at radius 3 is 2.94 bits per heavy atom. The molecule has 18 heavy (non-hydrogen) atoms. The largest absolute Gasteiger partial charge is 0.326 e. The molecule has 1 atom stereocenters. The van der Waals surface area contributed by atoms with Crippen LogP contribution in [0.5, 0.6) is 0 Å². The van der Waals surface area contributed by atoms with Crippen LogP contribution in [-0.4, -0.2) is 18.6 Å². The molecule has 0 aromatic carbocycles. The maximum absolute atomic E-state index is 12.1. The van der Waals surface area contributed by atoms with Gasteiger partial charge in [0.15, 0.2) is 0 Å². The maximum Gasteiger partial charge on any atom is 0.241 e. The molecule has 0 saturated heterocycles. The van der Waals surface area contributed by atoms with Crippen molar-refractivity contribution in [3.05, 3.63) is 34.3 Å². The van der Waals surface area contributed by atoms with Crippen molar-refractivity contribution in [2.75, 3.05) is 0 Å². The molecular formula is C10H14N4O2S2. The summed E-state index contributed by atoms with van der Waals surface area (Å²) in [5, 5.41) is 8.03. The fourth-order valence-corrected chi connectivity index (χ4v) is 3.86. The topological polar surface area (TPSA) is 101 Å². The highest BCUT2D eigenvalue weighted by atomic mass is 32.2. The van der Waals surface area contributed by atoms with Crippen LogP contribution in [0.3, 0.4) is 0 Å². The second-order valence-electron chi connectivity index (χ2n) is 3.83. The number of sulfonamides is 1. The molecule has 6 nitrogen and oxygen atoms in total. The number of H-pyrrole nitrogens is 1. The number of hydrogen-bond acceptors (Lipinski definition) is 5. The van der Waals surface area contributed by atoms with Gasteiger partial charge in [-0.2, -0.15) is 5.10 Å². The van der Waals surface area contributed by atoms with E-state index < -0.39 is 10.0 Å². The van der Waals surface area contributed by atoms with Crippen LogP contribution in [-0.2, 0) is 16.6 Å². The van der Waals surface area contributed by atoms with Crippen LogP contribution in [0.25, 0.3) is 0 Å². The van der Waals surface area contributed by atoms with E-state index in [-0.39, 0.29) is 10.9 Å². The molecule has 2 aromatic rings. The zero-order valence-corrected chi connectivity index (χ0v) is 11.4. The lowest BCUT2D eigenvalue weighted by molar-refractivity contribution is 0.567. The Morgan fingerprint density at radius 1 is 1.61 bits per heavy atom. The molecule has 0 radical (unpaired) electrons. The van der Waals surface area contributed by atoms with Crippen molar-refractivity contribution >= 4 is 21.4 Å². The minimum absolute atomic E-state index is 0.253. The minimum Gasteiger partial charge on any atom is -0.326 e. The van der Waals surface area contributed by atoms with E-state index in [1.807, 2.05) is 0 Å². The van der Waals surface area contributed by atoms with Crippen molar-refractivity contribution in [2.24, 2.45) is 5.73 Å². The van der Waals surface area contributed by atoms with E-state index in [9.17, 15) is 8.42 Å². The molecule has 2 rings (SSSR count). The third kappa shape index (κ3) is 2.78. The van der Waals surface area contributed by atoms with E-state index in [1.165, 1.54) is 11.3 Å². The third-order valence-corrected chi connectivity index (χ3v) is 5.12. The van der Waals surface area contributed by atoms with Gasteiger partial charge in [0.2, 0.25) is 10.0 Å². The van der Waals surface area contributed by atoms with Crippen molar-refractivity contribution in [3.63, 3.8) is 0 Å². The van der Waals surface area contributed by atoms with Crippen molar-refractivity contribution < 1.29 is 8.42 Å². The van der Waals surface area contributed by atoms with Crippen LogP contribution >= 0.6 is 11.3 Å². The summed E-state index contributed by atoms with van der Waals surface area (Å²) in [6.45, 7) is 2.11. The van der Waals surface area contributed by atoms with E-state index in [0.717, 1.165) is 10.4 Å². The first kappa shape index (κ1) is 13.2. The average molecular weight is 286 g/mol. The van der Waals surface area contributed by atoms with Crippen LogP contribution in [0, 0.1) is 0 Å². The Balaban J connectivity index is 2.17. The highest BCUT2D eigenvalue weighted by Crippen LogP contribution is 2.21. The number of aromatic amines is 1. The van der Waals surface area contributed by atoms with Crippen molar-refractivity contribution in [3.8, 4) is 0 Å². The van der Waals surface area contributed by atoms with Crippen LogP contribution in [0.1, 0.15) is 23.4 Å². The number of thiophene rings is 1. The molecule has 1 unspecified atom stereocenters. The molecule has 0 saturated carbocycles. The van der Waals surface area contributed by atoms with Gasteiger partial charge in [0.05, 0.1) is 11.1 Å². The van der Waals surface area contributed by atoms with E-state index in [1.54, 1.807) is 30.8 Å². The Morgan fingerprint density at radius 2 is 2.39 bits per heavy atom. The molecule has 2 heterocycles. The van der Waals surface area contributed by atoms with Crippen LogP contribution < -0.4 is 10.5 Å². The lowest BCUT2D eigenvalue weighted by Crippen LogP contribution is -2.26. The smallest absolute Gasteiger partial charge is 0.241 e. The summed E-state index contributed by atoms with van der Waals surface area (Å²) in [5.41, 5.74) is 6.25. The first-order chi connectivity index (χ1) is 8.53. The summed E-state index contributed by atoms with van der Waals surface area (Å²) in [4.78, 5) is 1.09. The van der Waals surface area contributed by atoms with Gasteiger partial charge in [-0.3, -0.25) is 5.10 Å². The molecule has 2 aromatic heterocycles. The standard InChI is InChI=1S/C10H14N4O2S2/c1-7(8-4-12-13-5-8)14-18(15,16)10-2-9(3-11)17-6-10/h2,4-7,14H,3,11H2,1H3,(H,12,13). The van der Waals surface area contributed by atoms with E-state index >= 15 is 0 Å². The van der Waals surface area contributed by atoms with Gasteiger partial charge in [0.25, 0.3) is 0 Å². The molecule has 0 aliphatic heterocycles. The highest BCUT2D eigenvalue weighted by Gasteiger charge is 2.20. The van der Waals surface area contributed by atoms with Gasteiger partial charge in [-0.05, 0) is 13.0 Å². The number of rotatable bonds is 5. The number of hydrogen-bond donors (Lipinski definition) is 3. The molecular weight excluding hydrogens is 272 g/mol. The Bertz CT molecular complexity index is 604. The zero-order chi connectivity index (χ0) is 13.2. The minimum atomic E-state index is -3.51. The number of aromatic nitrogens is 2. The second-order valence-corrected chi connectivity index (χ2v) is 6.54. The van der Waals surface area contributed by atoms with Gasteiger partial charge in [-0.15, -0.1) is 11.3 Å². The molecule has 4 N–H and O–H groups in total. The SMILES string of the molecule is CC(NS(=O)(=O)c1csc(CN)c1)c1cn[nH]c1. The summed E-state index contributed by atoms with van der Waals surface area (Å²) < 4.78 is 26.8. The average Bonchev–Trinajstić information content (AvgIpc) is 3.00. The summed E-state index contributed by atoms with van der Waals surface area (Å²) >= 11 is 1.34. The lowest BCUT2D eigenvalue weighted by atomic mass is 10.2. The summed E-state index contributed by atoms with van der Waals surface area (Å²) in [5.74, 6) is 0. The molecule has 0 aliphatic rings. The van der Waals surface area contributed by atoms with Crippen molar-refractivity contribution in [1.29, 1.82) is 0 Å². The Labute approximate surface area is 109 Å². The predicted molar refractivity (Wildman–Crippen MR) is 69.5 cm³/mol. The molecule has 0 amide bonds. The maximum atomic E-state index is 12.1. The van der Waals surface area contributed by atoms with Crippen molar-refractivity contribution in [1.82, 2.24) is 14.9 Å². The lowest BCUT2D eigenvalue weighted by Gasteiger charge is -2.11. The second kappa shape index (κ2) is 5.19. The van der Waals surface area contributed by atoms with Gasteiger partial charge in [-0.25, -0.2) is 13.1 Å². The summed E-state index contributed by atoms with van der Waals surface area (Å²) in [6.07, 6.45) is 3.25. The predicted octanol–water partition coefficient (Wildman–Crippen LogP) is 0.969. The van der Waals surface area contributed by atoms with Gasteiger partial charge in [0, 0.05) is 34.6 Å². The first-order valence-corrected chi connectivity index (χ1v) is 7.67. The molecule has 0 aliphatic carbocycles. The molecule has 8 heteroatoms. The number of nitrogens with two attached hydrogens (primary N) is 1. The zero-order valence-electron chi connectivity index (χ0n) is 9.75. The fraction of sp³-hybridized carbons (Fsp3) is 0.300. The quantitative estimate of drug-likeness (QED) is 0.762. The monoisotopic (exact) mass is 286 g/mol. The molecule has 0 spiro atoms. The van der Waals surface area contributed by atoms with Crippen LogP contribution in [0.4, 0.5) is 0 Å². The molecule has 0 bridgehead atoms. The van der Waals surface area contributed by atoms with E-state index in [0.29, 0.717) is 6.54 Å². The van der Waals surface area contributed by atoms with Gasteiger partial charge in [-0.1, -0.05) is 0 Å². The van der Waals surface area contributed by atoms with Crippen molar-refractivity contribution in [2.45, 2.75) is 24.4 Å². The Kier molecular flexibility index (Phi) is 3.81. The number of nitrogens with zero attached hydrogens (tertiary/aromatic N) is 1. The molecule has 0 fully saturated rings. The summed E-state index contributed by atoms with van der Waals surface area (Å²) in [7, 11) is -3.51. The van der Waals surface area contributed by atoms with Crippen LogP contribution in [0.15, 0.2) is 28.7 Å².